The zero-order chi connectivity index (χ0) is 16.8. The second kappa shape index (κ2) is 5.70. The highest BCUT2D eigenvalue weighted by Gasteiger charge is 2.57. The highest BCUT2D eigenvalue weighted by atomic mass is 32.2. The summed E-state index contributed by atoms with van der Waals surface area (Å²) in [5, 5.41) is 2.66. The number of hydrogen-bond acceptors (Lipinski definition) is 5. The molecule has 24 heavy (non-hydrogen) atoms. The molecule has 3 heterocycles. The van der Waals surface area contributed by atoms with E-state index < -0.39 is 15.4 Å². The lowest BCUT2D eigenvalue weighted by molar-refractivity contribution is -0.128. The van der Waals surface area contributed by atoms with Gasteiger partial charge in [-0.15, -0.1) is 0 Å². The fourth-order valence-corrected chi connectivity index (χ4v) is 5.63. The van der Waals surface area contributed by atoms with Crippen LogP contribution in [0.2, 0.25) is 0 Å². The van der Waals surface area contributed by atoms with Crippen LogP contribution in [0.4, 0.5) is 0 Å². The minimum absolute atomic E-state index is 0.0496. The molecule has 7 nitrogen and oxygen atoms in total. The van der Waals surface area contributed by atoms with Gasteiger partial charge in [0, 0.05) is 37.8 Å². The molecule has 130 valence electrons. The number of carbonyl (C=O) groups excluding carboxylic acids is 1. The number of nitrogens with zero attached hydrogens (tertiary/aromatic N) is 2. The number of pyridine rings is 1. The summed E-state index contributed by atoms with van der Waals surface area (Å²) in [5.74, 6) is 0.421. The zero-order valence-corrected chi connectivity index (χ0v) is 14.2. The average Bonchev–Trinajstić information content (AvgIpc) is 3.29. The molecule has 1 aromatic rings. The maximum Gasteiger partial charge on any atom is 0.228 e. The van der Waals surface area contributed by atoms with Crippen LogP contribution in [-0.2, 0) is 14.8 Å². The van der Waals surface area contributed by atoms with E-state index in [1.54, 1.807) is 12.3 Å². The largest absolute Gasteiger partial charge is 0.477 e. The van der Waals surface area contributed by atoms with Crippen molar-refractivity contribution >= 4 is 15.9 Å². The molecule has 1 aromatic heterocycles. The standard InChI is InChI=1S/C16H21N3O4S/c20-15-16(6-8-19(11-16)24(21,22)13-4-5-13)12(9-18-15)10-23-14-3-1-2-7-17-14/h1-3,7,12-13H,4-6,8-11H2,(H,18,20)/t12-,16-/m1/s1. The van der Waals surface area contributed by atoms with Crippen LogP contribution in [0, 0.1) is 11.3 Å². The highest BCUT2D eigenvalue weighted by Crippen LogP contribution is 2.44. The summed E-state index contributed by atoms with van der Waals surface area (Å²) in [6.07, 6.45) is 3.69. The lowest BCUT2D eigenvalue weighted by Gasteiger charge is -2.27. The van der Waals surface area contributed by atoms with Gasteiger partial charge in [0.05, 0.1) is 17.3 Å². The molecule has 1 spiro atoms. The molecule has 1 amide bonds. The van der Waals surface area contributed by atoms with Crippen molar-refractivity contribution < 1.29 is 17.9 Å². The van der Waals surface area contributed by atoms with E-state index in [2.05, 4.69) is 10.3 Å². The van der Waals surface area contributed by atoms with E-state index in [0.717, 1.165) is 12.8 Å². The maximum atomic E-state index is 12.5. The van der Waals surface area contributed by atoms with Gasteiger partial charge >= 0.3 is 0 Å². The van der Waals surface area contributed by atoms with Gasteiger partial charge in [-0.2, -0.15) is 0 Å². The Morgan fingerprint density at radius 1 is 1.38 bits per heavy atom. The topological polar surface area (TPSA) is 88.6 Å². The van der Waals surface area contributed by atoms with Crippen LogP contribution in [0.25, 0.3) is 0 Å². The van der Waals surface area contributed by atoms with Crippen LogP contribution in [0.3, 0.4) is 0 Å². The molecule has 2 aliphatic heterocycles. The van der Waals surface area contributed by atoms with Crippen molar-refractivity contribution in [1.82, 2.24) is 14.6 Å². The molecule has 2 saturated heterocycles. The number of rotatable bonds is 5. The van der Waals surface area contributed by atoms with Crippen LogP contribution in [0.5, 0.6) is 5.88 Å². The first-order valence-corrected chi connectivity index (χ1v) is 9.84. The third kappa shape index (κ3) is 2.57. The summed E-state index contributed by atoms with van der Waals surface area (Å²) in [6, 6.07) is 5.43. The molecule has 4 rings (SSSR count). The monoisotopic (exact) mass is 351 g/mol. The molecule has 1 aliphatic carbocycles. The molecule has 2 atom stereocenters. The summed E-state index contributed by atoms with van der Waals surface area (Å²) < 4.78 is 32.2. The smallest absolute Gasteiger partial charge is 0.228 e. The van der Waals surface area contributed by atoms with Gasteiger partial charge in [0.2, 0.25) is 21.8 Å². The van der Waals surface area contributed by atoms with Gasteiger partial charge in [-0.3, -0.25) is 4.79 Å². The first-order valence-electron chi connectivity index (χ1n) is 8.33. The number of amides is 1. The average molecular weight is 351 g/mol. The molecule has 0 radical (unpaired) electrons. The van der Waals surface area contributed by atoms with E-state index in [-0.39, 0.29) is 23.6 Å². The van der Waals surface area contributed by atoms with Gasteiger partial charge in [-0.25, -0.2) is 17.7 Å². The molecule has 8 heteroatoms. The Hall–Kier alpha value is -1.67. The number of nitrogens with one attached hydrogen (secondary N) is 1. The van der Waals surface area contributed by atoms with Gasteiger partial charge in [0.25, 0.3) is 0 Å². The second-order valence-corrected chi connectivity index (χ2v) is 9.08. The minimum Gasteiger partial charge on any atom is -0.477 e. The predicted octanol–water partition coefficient (Wildman–Crippen LogP) is 0.391. The van der Waals surface area contributed by atoms with Gasteiger partial charge in [0.1, 0.15) is 0 Å². The summed E-state index contributed by atoms with van der Waals surface area (Å²) >= 11 is 0. The van der Waals surface area contributed by atoms with Crippen LogP contribution in [0.1, 0.15) is 19.3 Å². The molecule has 0 bridgehead atoms. The SMILES string of the molecule is O=C1NC[C@H](COc2ccccn2)[C@]12CCN(S(=O)(=O)C1CC1)C2. The fraction of sp³-hybridized carbons (Fsp3) is 0.625. The lowest BCUT2D eigenvalue weighted by atomic mass is 9.77. The lowest BCUT2D eigenvalue weighted by Crippen LogP contribution is -2.42. The molecule has 3 aliphatic rings. The van der Waals surface area contributed by atoms with Gasteiger partial charge in [0.15, 0.2) is 0 Å². The van der Waals surface area contributed by atoms with E-state index in [9.17, 15) is 13.2 Å². The zero-order valence-electron chi connectivity index (χ0n) is 13.3. The van der Waals surface area contributed by atoms with Crippen molar-refractivity contribution in [2.24, 2.45) is 11.3 Å². The van der Waals surface area contributed by atoms with Crippen molar-refractivity contribution in [3.8, 4) is 5.88 Å². The van der Waals surface area contributed by atoms with E-state index in [0.29, 0.717) is 32.0 Å². The first kappa shape index (κ1) is 15.8. The Balaban J connectivity index is 1.49. The minimum atomic E-state index is -3.24. The van der Waals surface area contributed by atoms with Gasteiger partial charge < -0.3 is 10.1 Å². The number of hydrogen-bond donors (Lipinski definition) is 1. The molecule has 1 saturated carbocycles. The van der Waals surface area contributed by atoms with E-state index >= 15 is 0 Å². The summed E-state index contributed by atoms with van der Waals surface area (Å²) in [6.45, 7) is 1.57. The number of ether oxygens (including phenoxy) is 1. The molecular weight excluding hydrogens is 330 g/mol. The van der Waals surface area contributed by atoms with Gasteiger partial charge in [-0.05, 0) is 25.3 Å². The Morgan fingerprint density at radius 2 is 2.21 bits per heavy atom. The molecular formula is C16H21N3O4S. The molecule has 0 aromatic carbocycles. The van der Waals surface area contributed by atoms with Crippen molar-refractivity contribution in [1.29, 1.82) is 0 Å². The third-order valence-corrected chi connectivity index (χ3v) is 7.73. The molecule has 1 N–H and O–H groups in total. The summed E-state index contributed by atoms with van der Waals surface area (Å²) in [7, 11) is -3.24. The number of sulfonamides is 1. The molecule has 0 unspecified atom stereocenters. The summed E-state index contributed by atoms with van der Waals surface area (Å²) in [4.78, 5) is 16.6. The van der Waals surface area contributed by atoms with Gasteiger partial charge in [-0.1, -0.05) is 6.07 Å². The second-order valence-electron chi connectivity index (χ2n) is 6.87. The number of aromatic nitrogens is 1. The van der Waals surface area contributed by atoms with Crippen molar-refractivity contribution in [2.75, 3.05) is 26.2 Å². The van der Waals surface area contributed by atoms with Crippen molar-refractivity contribution in [3.05, 3.63) is 24.4 Å². The number of carbonyl (C=O) groups is 1. The Labute approximate surface area is 141 Å². The normalized spacial score (nSPS) is 30.7. The quantitative estimate of drug-likeness (QED) is 0.829. The highest BCUT2D eigenvalue weighted by molar-refractivity contribution is 7.90. The van der Waals surface area contributed by atoms with Crippen LogP contribution in [-0.4, -0.2) is 55.1 Å². The summed E-state index contributed by atoms with van der Waals surface area (Å²) in [5.41, 5.74) is -0.670. The fourth-order valence-electron chi connectivity index (χ4n) is 3.72. The predicted molar refractivity (Wildman–Crippen MR) is 86.8 cm³/mol. The van der Waals surface area contributed by atoms with Crippen LogP contribution < -0.4 is 10.1 Å². The van der Waals surface area contributed by atoms with Crippen LogP contribution in [0.15, 0.2) is 24.4 Å². The molecule has 3 fully saturated rings. The maximum absolute atomic E-state index is 12.5. The van der Waals surface area contributed by atoms with Crippen LogP contribution >= 0.6 is 0 Å². The van der Waals surface area contributed by atoms with Crippen molar-refractivity contribution in [2.45, 2.75) is 24.5 Å². The Kier molecular flexibility index (Phi) is 3.76. The third-order valence-electron chi connectivity index (χ3n) is 5.38. The van der Waals surface area contributed by atoms with E-state index in [1.165, 1.54) is 4.31 Å². The van der Waals surface area contributed by atoms with E-state index in [1.807, 2.05) is 12.1 Å². The Morgan fingerprint density at radius 3 is 2.92 bits per heavy atom. The van der Waals surface area contributed by atoms with Crippen molar-refractivity contribution in [3.63, 3.8) is 0 Å². The Bertz CT molecular complexity index is 735. The first-order chi connectivity index (χ1) is 11.5. The van der Waals surface area contributed by atoms with E-state index in [4.69, 9.17) is 4.74 Å².